The zero-order chi connectivity index (χ0) is 21.1. The fourth-order valence-electron chi connectivity index (χ4n) is 2.63. The first-order valence-electron chi connectivity index (χ1n) is 8.27. The van der Waals surface area contributed by atoms with Gasteiger partial charge in [0.05, 0.1) is 21.3 Å². The molecule has 9 heteroatoms. The third kappa shape index (κ3) is 4.76. The molecular formula is C20H15Cl2FN4OS. The number of amides is 1. The Kier molecular flexibility index (Phi) is 6.22. The van der Waals surface area contributed by atoms with Gasteiger partial charge in [0.2, 0.25) is 0 Å². The van der Waals surface area contributed by atoms with E-state index in [1.54, 1.807) is 48.5 Å². The van der Waals surface area contributed by atoms with Crippen LogP contribution in [0, 0.1) is 5.82 Å². The Morgan fingerprint density at radius 2 is 1.55 bits per heavy atom. The zero-order valence-electron chi connectivity index (χ0n) is 14.8. The highest BCUT2D eigenvalue weighted by Gasteiger charge is 2.13. The van der Waals surface area contributed by atoms with Gasteiger partial charge in [-0.15, -0.1) is 0 Å². The van der Waals surface area contributed by atoms with E-state index in [2.05, 4.69) is 10.6 Å². The fraction of sp³-hybridized carbons (Fsp3) is 0. The van der Waals surface area contributed by atoms with Crippen molar-refractivity contribution in [3.8, 4) is 11.1 Å². The van der Waals surface area contributed by atoms with Gasteiger partial charge in [-0.05, 0) is 48.1 Å². The summed E-state index contributed by atoms with van der Waals surface area (Å²) in [6, 6.07) is 14.6. The molecule has 0 unspecified atom stereocenters. The number of primary amides is 1. The average Bonchev–Trinajstić information content (AvgIpc) is 2.66. The van der Waals surface area contributed by atoms with Crippen molar-refractivity contribution in [1.29, 1.82) is 0 Å². The van der Waals surface area contributed by atoms with Crippen molar-refractivity contribution in [1.82, 2.24) is 0 Å². The molecule has 0 aliphatic rings. The second-order valence-electron chi connectivity index (χ2n) is 6.04. The minimum atomic E-state index is -0.818. The van der Waals surface area contributed by atoms with Crippen LogP contribution in [0.3, 0.4) is 0 Å². The highest BCUT2D eigenvalue weighted by Crippen LogP contribution is 2.31. The van der Waals surface area contributed by atoms with Crippen LogP contribution in [0.25, 0.3) is 11.1 Å². The smallest absolute Gasteiger partial charge is 0.251 e. The first-order valence-corrected chi connectivity index (χ1v) is 9.44. The number of thiocarbonyl (C=S) groups is 1. The molecule has 0 saturated heterocycles. The number of halogens is 3. The van der Waals surface area contributed by atoms with E-state index in [0.29, 0.717) is 37.8 Å². The molecule has 3 rings (SSSR count). The normalized spacial score (nSPS) is 10.4. The molecule has 0 bridgehead atoms. The van der Waals surface area contributed by atoms with Gasteiger partial charge >= 0.3 is 0 Å². The molecule has 3 aromatic carbocycles. The summed E-state index contributed by atoms with van der Waals surface area (Å²) in [6.07, 6.45) is 0. The number of carbonyl (C=O) groups is 1. The number of nitrogens with two attached hydrogens (primary N) is 2. The van der Waals surface area contributed by atoms with Crippen LogP contribution in [0.4, 0.5) is 21.5 Å². The summed E-state index contributed by atoms with van der Waals surface area (Å²) >= 11 is 17.3. The molecule has 3 aromatic rings. The van der Waals surface area contributed by atoms with Crippen molar-refractivity contribution in [2.75, 3.05) is 16.4 Å². The average molecular weight is 449 g/mol. The lowest BCUT2D eigenvalue weighted by molar-refractivity contribution is 0.0996. The summed E-state index contributed by atoms with van der Waals surface area (Å²) in [4.78, 5) is 11.3. The first-order chi connectivity index (χ1) is 13.8. The van der Waals surface area contributed by atoms with Gasteiger partial charge in [-0.3, -0.25) is 4.79 Å². The maximum absolute atomic E-state index is 14.5. The second-order valence-corrected chi connectivity index (χ2v) is 7.26. The van der Waals surface area contributed by atoms with Crippen molar-refractivity contribution in [2.24, 2.45) is 5.73 Å². The van der Waals surface area contributed by atoms with Gasteiger partial charge in [0.25, 0.3) is 5.91 Å². The number of nitrogen functional groups attached to an aromatic ring is 1. The van der Waals surface area contributed by atoms with Crippen molar-refractivity contribution < 1.29 is 9.18 Å². The predicted molar refractivity (Wildman–Crippen MR) is 121 cm³/mol. The number of carbonyl (C=O) groups excluding carboxylic acids is 1. The van der Waals surface area contributed by atoms with E-state index in [-0.39, 0.29) is 11.1 Å². The van der Waals surface area contributed by atoms with Crippen LogP contribution in [-0.4, -0.2) is 11.0 Å². The number of anilines is 3. The number of benzene rings is 3. The van der Waals surface area contributed by atoms with Crippen LogP contribution < -0.4 is 22.1 Å². The van der Waals surface area contributed by atoms with Crippen molar-refractivity contribution in [2.45, 2.75) is 0 Å². The Hall–Kier alpha value is -2.87. The summed E-state index contributed by atoms with van der Waals surface area (Å²) in [5, 5.41) is 6.89. The topological polar surface area (TPSA) is 93.2 Å². The lowest BCUT2D eigenvalue weighted by Crippen LogP contribution is -2.19. The Bertz CT molecular complexity index is 1080. The third-order valence-corrected chi connectivity index (χ3v) is 4.88. The minimum Gasteiger partial charge on any atom is -0.396 e. The van der Waals surface area contributed by atoms with Gasteiger partial charge in [-0.2, -0.15) is 0 Å². The standard InChI is InChI=1S/C20H15Cl2FN4OS/c21-15-8-12(9-16(22)18(15)24)27-20(29)26-11-6-4-10(5-7-11)13-2-1-3-14(17(13)23)19(25)28/h1-9H,24H2,(H2,25,28)(H2,26,27,29). The number of rotatable bonds is 4. The third-order valence-electron chi connectivity index (χ3n) is 4.05. The van der Waals surface area contributed by atoms with E-state index < -0.39 is 11.7 Å². The lowest BCUT2D eigenvalue weighted by atomic mass is 10.0. The Morgan fingerprint density at radius 1 is 0.966 bits per heavy atom. The number of hydrogen-bond donors (Lipinski definition) is 4. The molecule has 1 amide bonds. The molecular weight excluding hydrogens is 434 g/mol. The van der Waals surface area contributed by atoms with Crippen molar-refractivity contribution in [3.63, 3.8) is 0 Å². The van der Waals surface area contributed by atoms with Gasteiger partial charge < -0.3 is 22.1 Å². The number of hydrogen-bond acceptors (Lipinski definition) is 3. The summed E-state index contributed by atoms with van der Waals surface area (Å²) in [6.45, 7) is 0. The van der Waals surface area contributed by atoms with E-state index in [1.165, 1.54) is 6.07 Å². The maximum atomic E-state index is 14.5. The van der Waals surface area contributed by atoms with Gasteiger partial charge in [-0.1, -0.05) is 47.5 Å². The highest BCUT2D eigenvalue weighted by molar-refractivity contribution is 7.80. The molecule has 0 aliphatic heterocycles. The molecule has 0 spiro atoms. The van der Waals surface area contributed by atoms with Crippen molar-refractivity contribution >= 4 is 63.5 Å². The Morgan fingerprint density at radius 3 is 2.14 bits per heavy atom. The minimum absolute atomic E-state index is 0.157. The zero-order valence-corrected chi connectivity index (χ0v) is 17.1. The van der Waals surface area contributed by atoms with E-state index in [1.807, 2.05) is 0 Å². The monoisotopic (exact) mass is 448 g/mol. The highest BCUT2D eigenvalue weighted by atomic mass is 35.5. The summed E-state index contributed by atoms with van der Waals surface area (Å²) in [7, 11) is 0. The van der Waals surface area contributed by atoms with Crippen LogP contribution in [0.5, 0.6) is 0 Å². The van der Waals surface area contributed by atoms with Crippen LogP contribution in [0.2, 0.25) is 10.0 Å². The summed E-state index contributed by atoms with van der Waals surface area (Å²) in [5.74, 6) is -1.48. The summed E-state index contributed by atoms with van der Waals surface area (Å²) in [5.41, 5.74) is 13.2. The van der Waals surface area contributed by atoms with Crippen LogP contribution in [-0.2, 0) is 0 Å². The molecule has 5 nitrogen and oxygen atoms in total. The van der Waals surface area contributed by atoms with Gasteiger partial charge in [0, 0.05) is 16.9 Å². The Labute approximate surface area is 181 Å². The van der Waals surface area contributed by atoms with E-state index >= 15 is 0 Å². The van der Waals surface area contributed by atoms with Crippen LogP contribution in [0.1, 0.15) is 10.4 Å². The quantitative estimate of drug-likeness (QED) is 0.321. The maximum Gasteiger partial charge on any atom is 0.251 e. The molecule has 0 saturated carbocycles. The summed E-state index contributed by atoms with van der Waals surface area (Å²) < 4.78 is 14.5. The second kappa shape index (κ2) is 8.65. The lowest BCUT2D eigenvalue weighted by Gasteiger charge is -2.13. The SMILES string of the molecule is NC(=O)c1cccc(-c2ccc(NC(=S)Nc3cc(Cl)c(N)c(Cl)c3)cc2)c1F. The molecule has 6 N–H and O–H groups in total. The first kappa shape index (κ1) is 20.9. The Balaban J connectivity index is 1.74. The molecule has 0 aromatic heterocycles. The molecule has 148 valence electrons. The molecule has 29 heavy (non-hydrogen) atoms. The molecule has 0 radical (unpaired) electrons. The van der Waals surface area contributed by atoms with E-state index in [9.17, 15) is 9.18 Å². The van der Waals surface area contributed by atoms with Crippen molar-refractivity contribution in [3.05, 3.63) is 76.0 Å². The largest absolute Gasteiger partial charge is 0.396 e. The van der Waals surface area contributed by atoms with Crippen LogP contribution in [0.15, 0.2) is 54.6 Å². The fourth-order valence-corrected chi connectivity index (χ4v) is 3.35. The molecule has 0 aliphatic carbocycles. The van der Waals surface area contributed by atoms with E-state index in [0.717, 1.165) is 0 Å². The molecule has 0 fully saturated rings. The van der Waals surface area contributed by atoms with Gasteiger partial charge in [0.15, 0.2) is 5.11 Å². The predicted octanol–water partition coefficient (Wildman–Crippen LogP) is 5.29. The molecule has 0 heterocycles. The van der Waals surface area contributed by atoms with Crippen LogP contribution >= 0.6 is 35.4 Å². The van der Waals surface area contributed by atoms with Gasteiger partial charge in [0.1, 0.15) is 5.82 Å². The molecule has 0 atom stereocenters. The number of nitrogens with one attached hydrogen (secondary N) is 2. The van der Waals surface area contributed by atoms with E-state index in [4.69, 9.17) is 46.9 Å². The van der Waals surface area contributed by atoms with Gasteiger partial charge in [-0.25, -0.2) is 4.39 Å².